The summed E-state index contributed by atoms with van der Waals surface area (Å²) in [6.45, 7) is 3.71. The van der Waals surface area contributed by atoms with Crippen molar-refractivity contribution in [1.29, 1.82) is 0 Å². The van der Waals surface area contributed by atoms with Crippen LogP contribution in [-0.4, -0.2) is 56.9 Å². The second kappa shape index (κ2) is 6.78. The maximum Gasteiger partial charge on any atom is 0.161 e. The summed E-state index contributed by atoms with van der Waals surface area (Å²) in [4.78, 5) is 2.30. The van der Waals surface area contributed by atoms with E-state index >= 15 is 0 Å². The SMILES string of the molecule is OC1CCN(Cc2cn(CC3COc4ccccc4O3)nn2)CC1. The third-order valence-corrected chi connectivity index (χ3v) is 4.49. The smallest absolute Gasteiger partial charge is 0.161 e. The van der Waals surface area contributed by atoms with Crippen molar-refractivity contribution < 1.29 is 14.6 Å². The number of aliphatic hydroxyl groups is 1. The Hall–Kier alpha value is -2.12. The first-order valence-corrected chi connectivity index (χ1v) is 8.44. The highest BCUT2D eigenvalue weighted by atomic mass is 16.6. The summed E-state index contributed by atoms with van der Waals surface area (Å²) in [7, 11) is 0. The minimum absolute atomic E-state index is 0.0698. The van der Waals surface area contributed by atoms with Crippen LogP contribution in [0.5, 0.6) is 11.5 Å². The molecule has 7 nitrogen and oxygen atoms in total. The van der Waals surface area contributed by atoms with Crippen molar-refractivity contribution in [3.63, 3.8) is 0 Å². The number of rotatable bonds is 4. The van der Waals surface area contributed by atoms with Crippen LogP contribution >= 0.6 is 0 Å². The van der Waals surface area contributed by atoms with Crippen LogP contribution in [0.1, 0.15) is 18.5 Å². The van der Waals surface area contributed by atoms with Crippen LogP contribution in [0.15, 0.2) is 30.5 Å². The second-order valence-electron chi connectivity index (χ2n) is 6.44. The molecule has 0 amide bonds. The number of para-hydroxylation sites is 2. The van der Waals surface area contributed by atoms with Gasteiger partial charge in [-0.05, 0) is 25.0 Å². The van der Waals surface area contributed by atoms with Gasteiger partial charge in [0.05, 0.1) is 18.3 Å². The molecule has 2 aliphatic rings. The molecule has 128 valence electrons. The number of fused-ring (bicyclic) bond motifs is 1. The minimum Gasteiger partial charge on any atom is -0.486 e. The molecule has 1 fully saturated rings. The largest absolute Gasteiger partial charge is 0.486 e. The van der Waals surface area contributed by atoms with Gasteiger partial charge in [-0.15, -0.1) is 5.10 Å². The lowest BCUT2D eigenvalue weighted by atomic mass is 10.1. The summed E-state index contributed by atoms with van der Waals surface area (Å²) in [6.07, 6.45) is 3.42. The van der Waals surface area contributed by atoms with Gasteiger partial charge in [-0.3, -0.25) is 4.90 Å². The van der Waals surface area contributed by atoms with Crippen LogP contribution in [0, 0.1) is 0 Å². The number of nitrogens with zero attached hydrogens (tertiary/aromatic N) is 4. The lowest BCUT2D eigenvalue weighted by molar-refractivity contribution is 0.0753. The average molecular weight is 330 g/mol. The Balaban J connectivity index is 1.33. The van der Waals surface area contributed by atoms with E-state index < -0.39 is 0 Å². The van der Waals surface area contributed by atoms with Crippen molar-refractivity contribution in [2.45, 2.75) is 38.1 Å². The standard InChI is InChI=1S/C17H22N4O3/c22-14-5-7-20(8-6-14)9-13-10-21(19-18-13)11-15-12-23-16-3-1-2-4-17(16)24-15/h1-4,10,14-15,22H,5-9,11-12H2. The predicted octanol–water partition coefficient (Wildman–Crippen LogP) is 1.07. The zero-order valence-electron chi connectivity index (χ0n) is 13.5. The molecule has 0 saturated carbocycles. The molecule has 2 aromatic rings. The van der Waals surface area contributed by atoms with E-state index in [-0.39, 0.29) is 12.2 Å². The number of aromatic nitrogens is 3. The van der Waals surface area contributed by atoms with Gasteiger partial charge in [-0.25, -0.2) is 4.68 Å². The molecule has 1 saturated heterocycles. The van der Waals surface area contributed by atoms with Crippen LogP contribution in [0.3, 0.4) is 0 Å². The monoisotopic (exact) mass is 330 g/mol. The van der Waals surface area contributed by atoms with Crippen molar-refractivity contribution in [3.8, 4) is 11.5 Å². The molecule has 1 aromatic heterocycles. The molecule has 0 radical (unpaired) electrons. The zero-order chi connectivity index (χ0) is 16.4. The van der Waals surface area contributed by atoms with Gasteiger partial charge < -0.3 is 14.6 Å². The van der Waals surface area contributed by atoms with Gasteiger partial charge >= 0.3 is 0 Å². The quantitative estimate of drug-likeness (QED) is 0.904. The number of likely N-dealkylation sites (tertiary alicyclic amines) is 1. The molecule has 4 rings (SSSR count). The Morgan fingerprint density at radius 1 is 1.17 bits per heavy atom. The molecular weight excluding hydrogens is 308 g/mol. The van der Waals surface area contributed by atoms with Crippen LogP contribution in [0.4, 0.5) is 0 Å². The van der Waals surface area contributed by atoms with E-state index in [0.29, 0.717) is 13.2 Å². The molecule has 1 unspecified atom stereocenters. The Morgan fingerprint density at radius 3 is 2.79 bits per heavy atom. The first kappa shape index (κ1) is 15.4. The van der Waals surface area contributed by atoms with Crippen molar-refractivity contribution in [1.82, 2.24) is 19.9 Å². The first-order valence-electron chi connectivity index (χ1n) is 8.44. The van der Waals surface area contributed by atoms with Gasteiger partial charge in [0.25, 0.3) is 0 Å². The molecular formula is C17H22N4O3. The highest BCUT2D eigenvalue weighted by Gasteiger charge is 2.22. The number of hydrogen-bond acceptors (Lipinski definition) is 6. The minimum atomic E-state index is -0.150. The summed E-state index contributed by atoms with van der Waals surface area (Å²) in [5.41, 5.74) is 0.948. The van der Waals surface area contributed by atoms with Crippen molar-refractivity contribution in [3.05, 3.63) is 36.2 Å². The molecule has 1 atom stereocenters. The zero-order valence-corrected chi connectivity index (χ0v) is 13.5. The Bertz CT molecular complexity index is 682. The number of ether oxygens (including phenoxy) is 2. The van der Waals surface area contributed by atoms with Crippen LogP contribution < -0.4 is 9.47 Å². The number of benzene rings is 1. The molecule has 24 heavy (non-hydrogen) atoms. The van der Waals surface area contributed by atoms with Gasteiger partial charge in [0.15, 0.2) is 17.6 Å². The maximum absolute atomic E-state index is 9.56. The summed E-state index contributed by atoms with van der Waals surface area (Å²) in [6, 6.07) is 7.70. The maximum atomic E-state index is 9.56. The van der Waals surface area contributed by atoms with E-state index in [4.69, 9.17) is 9.47 Å². The fraction of sp³-hybridized carbons (Fsp3) is 0.529. The third-order valence-electron chi connectivity index (χ3n) is 4.49. The molecule has 3 heterocycles. The van der Waals surface area contributed by atoms with Crippen molar-refractivity contribution >= 4 is 0 Å². The highest BCUT2D eigenvalue weighted by molar-refractivity contribution is 5.40. The third kappa shape index (κ3) is 3.52. The van der Waals surface area contributed by atoms with Crippen LogP contribution in [0.25, 0.3) is 0 Å². The van der Waals surface area contributed by atoms with E-state index in [0.717, 1.165) is 49.7 Å². The topological polar surface area (TPSA) is 72.6 Å². The summed E-state index contributed by atoms with van der Waals surface area (Å²) in [5.74, 6) is 1.57. The van der Waals surface area contributed by atoms with Gasteiger partial charge in [-0.2, -0.15) is 0 Å². The molecule has 2 aliphatic heterocycles. The molecule has 7 heteroatoms. The van der Waals surface area contributed by atoms with Gasteiger partial charge in [-0.1, -0.05) is 17.3 Å². The fourth-order valence-corrected chi connectivity index (χ4v) is 3.17. The van der Waals surface area contributed by atoms with E-state index in [2.05, 4.69) is 15.2 Å². The average Bonchev–Trinajstić information content (AvgIpc) is 3.04. The van der Waals surface area contributed by atoms with E-state index in [9.17, 15) is 5.11 Å². The lowest BCUT2D eigenvalue weighted by Gasteiger charge is -2.28. The number of aliphatic hydroxyl groups excluding tert-OH is 1. The van der Waals surface area contributed by atoms with Crippen LogP contribution in [-0.2, 0) is 13.1 Å². The van der Waals surface area contributed by atoms with E-state index in [1.807, 2.05) is 35.1 Å². The molecule has 0 bridgehead atoms. The summed E-state index contributed by atoms with van der Waals surface area (Å²) >= 11 is 0. The van der Waals surface area contributed by atoms with E-state index in [1.54, 1.807) is 0 Å². The molecule has 0 spiro atoms. The van der Waals surface area contributed by atoms with Gasteiger partial charge in [0.1, 0.15) is 6.61 Å². The second-order valence-corrected chi connectivity index (χ2v) is 6.44. The van der Waals surface area contributed by atoms with Crippen molar-refractivity contribution in [2.75, 3.05) is 19.7 Å². The van der Waals surface area contributed by atoms with Gasteiger partial charge in [0.2, 0.25) is 0 Å². The van der Waals surface area contributed by atoms with Gasteiger partial charge in [0, 0.05) is 25.8 Å². The lowest BCUT2D eigenvalue weighted by Crippen LogP contribution is -2.35. The molecule has 1 aromatic carbocycles. The Labute approximate surface area is 140 Å². The van der Waals surface area contributed by atoms with Crippen LogP contribution in [0.2, 0.25) is 0 Å². The highest BCUT2D eigenvalue weighted by Crippen LogP contribution is 2.31. The Kier molecular flexibility index (Phi) is 4.36. The first-order chi connectivity index (χ1) is 11.8. The van der Waals surface area contributed by atoms with E-state index in [1.165, 1.54) is 0 Å². The number of piperidine rings is 1. The Morgan fingerprint density at radius 2 is 1.96 bits per heavy atom. The summed E-state index contributed by atoms with van der Waals surface area (Å²) in [5, 5.41) is 18.0. The molecule has 1 N–H and O–H groups in total. The predicted molar refractivity (Wildman–Crippen MR) is 86.9 cm³/mol. The normalized spacial score (nSPS) is 21.8. The molecule has 0 aliphatic carbocycles. The fourth-order valence-electron chi connectivity index (χ4n) is 3.17. The summed E-state index contributed by atoms with van der Waals surface area (Å²) < 4.78 is 13.5. The van der Waals surface area contributed by atoms with Crippen molar-refractivity contribution in [2.24, 2.45) is 0 Å². The number of hydrogen-bond donors (Lipinski definition) is 1.